The molecule has 0 atom stereocenters. The van der Waals surface area contributed by atoms with E-state index in [9.17, 15) is 9.59 Å². The number of hydrogen-bond donors (Lipinski definition) is 1. The number of amides is 1. The maximum Gasteiger partial charge on any atom is 0.216 e. The van der Waals surface area contributed by atoms with Crippen LogP contribution in [0.3, 0.4) is 0 Å². The average molecular weight is 509 g/mol. The molecule has 0 bridgehead atoms. The lowest BCUT2D eigenvalue weighted by molar-refractivity contribution is -0.118. The van der Waals surface area contributed by atoms with Crippen LogP contribution in [0.5, 0.6) is 5.75 Å². The predicted molar refractivity (Wildman–Crippen MR) is 122 cm³/mol. The third kappa shape index (κ3) is 5.71. The summed E-state index contributed by atoms with van der Waals surface area (Å²) in [5.41, 5.74) is 0.813. The Kier molecular flexibility index (Phi) is 8.06. The highest BCUT2D eigenvalue weighted by molar-refractivity contribution is 9.11. The van der Waals surface area contributed by atoms with Crippen LogP contribution in [0.4, 0.5) is 0 Å². The number of aromatic nitrogens is 3. The molecule has 0 aliphatic carbocycles. The van der Waals surface area contributed by atoms with Gasteiger partial charge >= 0.3 is 0 Å². The molecule has 0 spiro atoms. The van der Waals surface area contributed by atoms with Crippen LogP contribution in [-0.4, -0.2) is 45.9 Å². The van der Waals surface area contributed by atoms with Gasteiger partial charge in [-0.3, -0.25) is 14.2 Å². The van der Waals surface area contributed by atoms with E-state index in [4.69, 9.17) is 4.74 Å². The molecule has 1 N–H and O–H groups in total. The number of ether oxygens (including phenoxy) is 1. The number of para-hydroxylation sites is 2. The zero-order valence-electron chi connectivity index (χ0n) is 16.6. The van der Waals surface area contributed by atoms with Crippen molar-refractivity contribution in [1.29, 1.82) is 0 Å². The highest BCUT2D eigenvalue weighted by Gasteiger charge is 2.19. The first-order chi connectivity index (χ1) is 14.5. The Balaban J connectivity index is 1.83. The molecule has 2 aromatic heterocycles. The van der Waals surface area contributed by atoms with E-state index in [2.05, 4.69) is 31.4 Å². The van der Waals surface area contributed by atoms with Crippen LogP contribution >= 0.6 is 39.0 Å². The fraction of sp³-hybridized carbons (Fsp3) is 0.300. The zero-order valence-corrected chi connectivity index (χ0v) is 19.8. The fourth-order valence-corrected chi connectivity index (χ4v) is 5.05. The number of rotatable bonds is 10. The molecule has 0 saturated heterocycles. The minimum atomic E-state index is -0.0591. The van der Waals surface area contributed by atoms with Gasteiger partial charge in [0.05, 0.1) is 27.2 Å². The summed E-state index contributed by atoms with van der Waals surface area (Å²) in [6.07, 6.45) is 1.34. The lowest BCUT2D eigenvalue weighted by atomic mass is 10.2. The number of Topliss-reactive ketones (excluding diaryl/α,β-unsaturated/α-hetero) is 1. The summed E-state index contributed by atoms with van der Waals surface area (Å²) in [7, 11) is 1.62. The number of carbonyl (C=O) groups is 2. The van der Waals surface area contributed by atoms with Crippen LogP contribution in [0.15, 0.2) is 45.3 Å². The Morgan fingerprint density at radius 2 is 2.03 bits per heavy atom. The summed E-state index contributed by atoms with van der Waals surface area (Å²) in [6, 6.07) is 11.3. The maximum absolute atomic E-state index is 12.5. The van der Waals surface area contributed by atoms with Crippen molar-refractivity contribution in [1.82, 2.24) is 20.1 Å². The fourth-order valence-electron chi connectivity index (χ4n) is 2.79. The summed E-state index contributed by atoms with van der Waals surface area (Å²) in [5.74, 6) is 1.68. The standard InChI is InChI=1S/C20H21BrN4O3S2/c1-13(26)22-11-5-8-19-23-24-20(25(19)14-6-3-4-7-16(14)28-2)29-12-15(27)17-9-10-18(21)30-17/h3-4,6-7,9-10H,5,8,11-12H2,1-2H3,(H,22,26). The van der Waals surface area contributed by atoms with Crippen LogP contribution in [-0.2, 0) is 11.2 Å². The topological polar surface area (TPSA) is 86.1 Å². The van der Waals surface area contributed by atoms with Crippen molar-refractivity contribution in [2.75, 3.05) is 19.4 Å². The van der Waals surface area contributed by atoms with E-state index in [0.29, 0.717) is 28.7 Å². The highest BCUT2D eigenvalue weighted by Crippen LogP contribution is 2.30. The summed E-state index contributed by atoms with van der Waals surface area (Å²) >= 11 is 6.15. The number of methoxy groups -OCH3 is 1. The van der Waals surface area contributed by atoms with Gasteiger partial charge in [0.1, 0.15) is 11.6 Å². The number of aryl methyl sites for hydroxylation is 1. The average Bonchev–Trinajstić information content (AvgIpc) is 3.35. The Morgan fingerprint density at radius 1 is 1.23 bits per heavy atom. The molecule has 7 nitrogen and oxygen atoms in total. The maximum atomic E-state index is 12.5. The number of nitrogens with one attached hydrogen (secondary N) is 1. The molecule has 0 fully saturated rings. The molecule has 1 aromatic carbocycles. The molecule has 1 amide bonds. The van der Waals surface area contributed by atoms with E-state index >= 15 is 0 Å². The first-order valence-electron chi connectivity index (χ1n) is 9.23. The van der Waals surface area contributed by atoms with E-state index in [-0.39, 0.29) is 17.4 Å². The van der Waals surface area contributed by atoms with E-state index in [0.717, 1.165) is 21.7 Å². The minimum absolute atomic E-state index is 0.0393. The van der Waals surface area contributed by atoms with Gasteiger partial charge in [0.25, 0.3) is 0 Å². The Morgan fingerprint density at radius 3 is 2.73 bits per heavy atom. The molecule has 2 heterocycles. The summed E-state index contributed by atoms with van der Waals surface area (Å²) in [4.78, 5) is 24.3. The number of carbonyl (C=O) groups excluding carboxylic acids is 2. The van der Waals surface area contributed by atoms with Crippen molar-refractivity contribution >= 4 is 50.7 Å². The number of nitrogens with zero attached hydrogens (tertiary/aromatic N) is 3. The second kappa shape index (κ2) is 10.7. The number of ketones is 1. The summed E-state index contributed by atoms with van der Waals surface area (Å²) in [6.45, 7) is 2.05. The molecule has 10 heteroatoms. The molecule has 0 aliphatic heterocycles. The van der Waals surface area contributed by atoms with Gasteiger partial charge in [0, 0.05) is 19.9 Å². The second-order valence-electron chi connectivity index (χ2n) is 6.31. The predicted octanol–water partition coefficient (Wildman–Crippen LogP) is 4.14. The van der Waals surface area contributed by atoms with E-state index < -0.39 is 0 Å². The molecule has 158 valence electrons. The van der Waals surface area contributed by atoms with Gasteiger partial charge < -0.3 is 10.1 Å². The van der Waals surface area contributed by atoms with Crippen molar-refractivity contribution < 1.29 is 14.3 Å². The lowest BCUT2D eigenvalue weighted by Crippen LogP contribution is -2.21. The van der Waals surface area contributed by atoms with Crippen LogP contribution < -0.4 is 10.1 Å². The number of halogens is 1. The SMILES string of the molecule is COc1ccccc1-n1c(CCCNC(C)=O)nnc1SCC(=O)c1ccc(Br)s1. The Bertz CT molecular complexity index is 1030. The molecule has 3 aromatic rings. The quantitative estimate of drug-likeness (QED) is 0.251. The third-order valence-corrected chi connectivity index (χ3v) is 6.75. The van der Waals surface area contributed by atoms with Gasteiger partial charge in [-0.1, -0.05) is 23.9 Å². The largest absolute Gasteiger partial charge is 0.495 e. The van der Waals surface area contributed by atoms with Gasteiger partial charge in [-0.05, 0) is 46.6 Å². The van der Waals surface area contributed by atoms with Crippen molar-refractivity contribution in [3.8, 4) is 11.4 Å². The van der Waals surface area contributed by atoms with Crippen LogP contribution in [0.25, 0.3) is 5.69 Å². The number of thioether (sulfide) groups is 1. The highest BCUT2D eigenvalue weighted by atomic mass is 79.9. The monoisotopic (exact) mass is 508 g/mol. The molecule has 3 rings (SSSR count). The molecule has 30 heavy (non-hydrogen) atoms. The van der Waals surface area contributed by atoms with Crippen molar-refractivity contribution in [2.45, 2.75) is 24.9 Å². The van der Waals surface area contributed by atoms with Crippen LogP contribution in [0.2, 0.25) is 0 Å². The number of benzene rings is 1. The molecule has 0 saturated carbocycles. The smallest absolute Gasteiger partial charge is 0.216 e. The minimum Gasteiger partial charge on any atom is -0.495 e. The zero-order chi connectivity index (χ0) is 21.5. The normalized spacial score (nSPS) is 10.8. The van der Waals surface area contributed by atoms with Gasteiger partial charge in [-0.15, -0.1) is 21.5 Å². The molecule has 0 aliphatic rings. The molecular formula is C20H21BrN4O3S2. The van der Waals surface area contributed by atoms with Crippen molar-refractivity contribution in [3.05, 3.63) is 50.9 Å². The third-order valence-electron chi connectivity index (χ3n) is 4.16. The molecule has 0 unspecified atom stereocenters. The molecular weight excluding hydrogens is 488 g/mol. The van der Waals surface area contributed by atoms with Crippen molar-refractivity contribution in [3.63, 3.8) is 0 Å². The van der Waals surface area contributed by atoms with Gasteiger partial charge in [0.2, 0.25) is 5.91 Å². The lowest BCUT2D eigenvalue weighted by Gasteiger charge is -2.13. The summed E-state index contributed by atoms with van der Waals surface area (Å²) in [5, 5.41) is 12.1. The van der Waals surface area contributed by atoms with Crippen LogP contribution in [0, 0.1) is 0 Å². The van der Waals surface area contributed by atoms with Crippen LogP contribution in [0.1, 0.15) is 28.8 Å². The van der Waals surface area contributed by atoms with Crippen molar-refractivity contribution in [2.24, 2.45) is 0 Å². The van der Waals surface area contributed by atoms with E-state index in [1.54, 1.807) is 7.11 Å². The Hall–Kier alpha value is -2.17. The first kappa shape index (κ1) is 22.5. The number of thiophene rings is 1. The Labute approximate surface area is 191 Å². The van der Waals surface area contributed by atoms with Gasteiger partial charge in [-0.25, -0.2) is 0 Å². The van der Waals surface area contributed by atoms with E-state index in [1.807, 2.05) is 41.0 Å². The number of hydrogen-bond acceptors (Lipinski definition) is 7. The summed E-state index contributed by atoms with van der Waals surface area (Å²) < 4.78 is 8.37. The van der Waals surface area contributed by atoms with E-state index in [1.165, 1.54) is 30.0 Å². The van der Waals surface area contributed by atoms with Gasteiger partial charge in [0.15, 0.2) is 10.9 Å². The second-order valence-corrected chi connectivity index (χ2v) is 9.71. The van der Waals surface area contributed by atoms with Gasteiger partial charge in [-0.2, -0.15) is 0 Å². The first-order valence-corrected chi connectivity index (χ1v) is 11.8. The molecule has 0 radical (unpaired) electrons.